The van der Waals surface area contributed by atoms with Gasteiger partial charge in [0.05, 0.1) is 19.9 Å². The van der Waals surface area contributed by atoms with Crippen molar-refractivity contribution in [2.24, 2.45) is 0 Å². The van der Waals surface area contributed by atoms with Gasteiger partial charge in [-0.2, -0.15) is 0 Å². The quantitative estimate of drug-likeness (QED) is 0.841. The maximum Gasteiger partial charge on any atom is 0.274 e. The molecule has 1 amide bonds. The number of anilines is 2. The summed E-state index contributed by atoms with van der Waals surface area (Å²) in [7, 11) is 3.11. The van der Waals surface area contributed by atoms with Crippen LogP contribution in [0.25, 0.3) is 0 Å². The zero-order valence-corrected chi connectivity index (χ0v) is 14.4. The van der Waals surface area contributed by atoms with Crippen molar-refractivity contribution in [3.05, 3.63) is 36.2 Å². The highest BCUT2D eigenvalue weighted by Crippen LogP contribution is 2.29. The third kappa shape index (κ3) is 3.92. The maximum absolute atomic E-state index is 12.5. The van der Waals surface area contributed by atoms with Gasteiger partial charge in [0, 0.05) is 25.4 Å². The monoisotopic (exact) mass is 330 g/mol. The van der Waals surface area contributed by atoms with Crippen LogP contribution >= 0.6 is 0 Å². The van der Waals surface area contributed by atoms with Gasteiger partial charge in [-0.15, -0.1) is 0 Å². The molecule has 0 unspecified atom stereocenters. The fourth-order valence-electron chi connectivity index (χ4n) is 2.23. The van der Waals surface area contributed by atoms with E-state index in [0.29, 0.717) is 23.1 Å². The number of nitrogens with one attached hydrogen (secondary N) is 1. The van der Waals surface area contributed by atoms with E-state index in [1.54, 1.807) is 44.7 Å². The third-order valence-electron chi connectivity index (χ3n) is 3.58. The van der Waals surface area contributed by atoms with Crippen LogP contribution in [0.5, 0.6) is 11.5 Å². The van der Waals surface area contributed by atoms with E-state index in [9.17, 15) is 4.79 Å². The smallest absolute Gasteiger partial charge is 0.274 e. The van der Waals surface area contributed by atoms with Crippen molar-refractivity contribution in [1.82, 2.24) is 9.97 Å². The SMILES string of the molecule is CCN(CC)c1nccc(C(=O)Nc2cc(OC)ccc2OC)n1. The number of carbonyl (C=O) groups is 1. The van der Waals surface area contributed by atoms with E-state index in [-0.39, 0.29) is 11.6 Å². The van der Waals surface area contributed by atoms with Crippen molar-refractivity contribution in [3.63, 3.8) is 0 Å². The van der Waals surface area contributed by atoms with Crippen molar-refractivity contribution in [3.8, 4) is 11.5 Å². The number of amides is 1. The Bertz CT molecular complexity index is 702. The van der Waals surface area contributed by atoms with E-state index in [0.717, 1.165) is 13.1 Å². The predicted molar refractivity (Wildman–Crippen MR) is 93.1 cm³/mol. The Morgan fingerprint density at radius 1 is 1.17 bits per heavy atom. The van der Waals surface area contributed by atoms with Crippen LogP contribution < -0.4 is 19.7 Å². The average molecular weight is 330 g/mol. The minimum atomic E-state index is -0.336. The van der Waals surface area contributed by atoms with Gasteiger partial charge >= 0.3 is 0 Å². The van der Waals surface area contributed by atoms with E-state index < -0.39 is 0 Å². The molecule has 24 heavy (non-hydrogen) atoms. The summed E-state index contributed by atoms with van der Waals surface area (Å²) in [6.07, 6.45) is 1.58. The number of methoxy groups -OCH3 is 2. The van der Waals surface area contributed by atoms with Gasteiger partial charge in [0.25, 0.3) is 5.91 Å². The molecular formula is C17H22N4O3. The van der Waals surface area contributed by atoms with Gasteiger partial charge in [-0.3, -0.25) is 4.79 Å². The molecule has 0 aliphatic rings. The van der Waals surface area contributed by atoms with Crippen molar-refractivity contribution < 1.29 is 14.3 Å². The molecule has 128 valence electrons. The lowest BCUT2D eigenvalue weighted by molar-refractivity contribution is 0.102. The molecule has 2 aromatic rings. The minimum Gasteiger partial charge on any atom is -0.497 e. The third-order valence-corrected chi connectivity index (χ3v) is 3.58. The van der Waals surface area contributed by atoms with E-state index in [1.165, 1.54) is 0 Å². The molecule has 1 heterocycles. The van der Waals surface area contributed by atoms with Gasteiger partial charge in [-0.1, -0.05) is 0 Å². The van der Waals surface area contributed by atoms with Crippen LogP contribution in [0.1, 0.15) is 24.3 Å². The zero-order valence-electron chi connectivity index (χ0n) is 14.4. The molecule has 0 atom stereocenters. The number of rotatable bonds is 7. The van der Waals surface area contributed by atoms with E-state index in [2.05, 4.69) is 15.3 Å². The van der Waals surface area contributed by atoms with E-state index >= 15 is 0 Å². The number of benzene rings is 1. The molecule has 0 aliphatic carbocycles. The molecule has 1 aromatic heterocycles. The highest BCUT2D eigenvalue weighted by Gasteiger charge is 2.14. The van der Waals surface area contributed by atoms with Gasteiger partial charge in [0.15, 0.2) is 0 Å². The first-order chi connectivity index (χ1) is 11.6. The molecule has 0 spiro atoms. The highest BCUT2D eigenvalue weighted by molar-refractivity contribution is 6.03. The maximum atomic E-state index is 12.5. The fraction of sp³-hybridized carbons (Fsp3) is 0.353. The van der Waals surface area contributed by atoms with Gasteiger partial charge < -0.3 is 19.7 Å². The minimum absolute atomic E-state index is 0.289. The summed E-state index contributed by atoms with van der Waals surface area (Å²) in [5.74, 6) is 1.36. The van der Waals surface area contributed by atoms with E-state index in [1.807, 2.05) is 18.7 Å². The molecule has 7 heteroatoms. The first kappa shape index (κ1) is 17.5. The summed E-state index contributed by atoms with van der Waals surface area (Å²) in [6, 6.07) is 6.77. The normalized spacial score (nSPS) is 10.2. The molecule has 0 radical (unpaired) electrons. The van der Waals surface area contributed by atoms with Crippen molar-refractivity contribution >= 4 is 17.5 Å². The Labute approximate surface area is 141 Å². The van der Waals surface area contributed by atoms with Crippen LogP contribution in [-0.4, -0.2) is 43.2 Å². The number of ether oxygens (including phenoxy) is 2. The predicted octanol–water partition coefficient (Wildman–Crippen LogP) is 2.59. The van der Waals surface area contributed by atoms with Crippen LogP contribution in [0.15, 0.2) is 30.5 Å². The van der Waals surface area contributed by atoms with E-state index in [4.69, 9.17) is 9.47 Å². The molecular weight excluding hydrogens is 308 g/mol. The fourth-order valence-corrected chi connectivity index (χ4v) is 2.23. The van der Waals surface area contributed by atoms with Crippen molar-refractivity contribution in [1.29, 1.82) is 0 Å². The van der Waals surface area contributed by atoms with Gasteiger partial charge in [0.1, 0.15) is 17.2 Å². The topological polar surface area (TPSA) is 76.6 Å². The van der Waals surface area contributed by atoms with Gasteiger partial charge in [-0.05, 0) is 32.0 Å². The highest BCUT2D eigenvalue weighted by atomic mass is 16.5. The lowest BCUT2D eigenvalue weighted by atomic mass is 10.2. The molecule has 0 bridgehead atoms. The molecule has 0 fully saturated rings. The summed E-state index contributed by atoms with van der Waals surface area (Å²) in [6.45, 7) is 5.57. The number of carbonyl (C=O) groups excluding carboxylic acids is 1. The van der Waals surface area contributed by atoms with Crippen LogP contribution in [0.3, 0.4) is 0 Å². The number of hydrogen-bond acceptors (Lipinski definition) is 6. The summed E-state index contributed by atoms with van der Waals surface area (Å²) in [5.41, 5.74) is 0.807. The average Bonchev–Trinajstić information content (AvgIpc) is 2.63. The zero-order chi connectivity index (χ0) is 17.5. The molecule has 0 aliphatic heterocycles. The number of aromatic nitrogens is 2. The molecule has 1 aromatic carbocycles. The van der Waals surface area contributed by atoms with Crippen LogP contribution in [0.2, 0.25) is 0 Å². The first-order valence-electron chi connectivity index (χ1n) is 7.74. The Morgan fingerprint density at radius 2 is 1.92 bits per heavy atom. The summed E-state index contributed by atoms with van der Waals surface area (Å²) in [4.78, 5) is 23.1. The summed E-state index contributed by atoms with van der Waals surface area (Å²) in [5, 5.41) is 2.80. The van der Waals surface area contributed by atoms with Gasteiger partial charge in [-0.25, -0.2) is 9.97 Å². The molecule has 7 nitrogen and oxygen atoms in total. The summed E-state index contributed by atoms with van der Waals surface area (Å²) < 4.78 is 10.4. The Balaban J connectivity index is 2.25. The first-order valence-corrected chi connectivity index (χ1v) is 7.74. The number of hydrogen-bond donors (Lipinski definition) is 1. The van der Waals surface area contributed by atoms with Crippen LogP contribution in [0, 0.1) is 0 Å². The second kappa shape index (κ2) is 8.14. The molecule has 2 rings (SSSR count). The van der Waals surface area contributed by atoms with Crippen molar-refractivity contribution in [2.45, 2.75) is 13.8 Å². The lowest BCUT2D eigenvalue weighted by Crippen LogP contribution is -2.25. The Kier molecular flexibility index (Phi) is 5.95. The Morgan fingerprint density at radius 3 is 2.54 bits per heavy atom. The lowest BCUT2D eigenvalue weighted by Gasteiger charge is -2.18. The Hall–Kier alpha value is -2.83. The molecule has 1 N–H and O–H groups in total. The number of nitrogens with zero attached hydrogens (tertiary/aromatic N) is 3. The second-order valence-corrected chi connectivity index (χ2v) is 4.93. The van der Waals surface area contributed by atoms with Crippen molar-refractivity contribution in [2.75, 3.05) is 37.5 Å². The standard InChI is InChI=1S/C17H22N4O3/c1-5-21(6-2)17-18-10-9-13(20-17)16(22)19-14-11-12(23-3)7-8-15(14)24-4/h7-11H,5-6H2,1-4H3,(H,19,22). The van der Waals surface area contributed by atoms with Gasteiger partial charge in [0.2, 0.25) is 5.95 Å². The molecule has 0 saturated heterocycles. The van der Waals surface area contributed by atoms with Crippen LogP contribution in [0.4, 0.5) is 11.6 Å². The summed E-state index contributed by atoms with van der Waals surface area (Å²) >= 11 is 0. The largest absolute Gasteiger partial charge is 0.497 e. The second-order valence-electron chi connectivity index (χ2n) is 4.93. The molecule has 0 saturated carbocycles. The van der Waals surface area contributed by atoms with Crippen LogP contribution in [-0.2, 0) is 0 Å².